The minimum atomic E-state index is 0.0668. The van der Waals surface area contributed by atoms with Crippen LogP contribution in [0.3, 0.4) is 0 Å². The molecule has 0 aromatic heterocycles. The van der Waals surface area contributed by atoms with Crippen molar-refractivity contribution in [3.05, 3.63) is 28.2 Å². The largest absolute Gasteiger partial charge is 0.325 e. The number of anilines is 1. The lowest BCUT2D eigenvalue weighted by molar-refractivity contribution is -0.118. The molecule has 1 aliphatic rings. The van der Waals surface area contributed by atoms with Crippen LogP contribution in [-0.4, -0.2) is 43.0 Å². The topological polar surface area (TPSA) is 44.4 Å². The van der Waals surface area contributed by atoms with Crippen LogP contribution >= 0.6 is 15.9 Å². The molecule has 0 bridgehead atoms. The van der Waals surface area contributed by atoms with E-state index in [0.717, 1.165) is 48.2 Å². The molecule has 0 radical (unpaired) electrons. The maximum absolute atomic E-state index is 12.2. The monoisotopic (exact) mass is 353 g/mol. The minimum Gasteiger partial charge on any atom is -0.325 e. The molecular weight excluding hydrogens is 330 g/mol. The van der Waals surface area contributed by atoms with Crippen LogP contribution in [0, 0.1) is 6.92 Å². The molecule has 0 spiro atoms. The number of aryl methyl sites for hydroxylation is 1. The summed E-state index contributed by atoms with van der Waals surface area (Å²) in [6, 6.07) is 6.40. The number of likely N-dealkylation sites (N-methyl/N-ethyl adjacent to an activating group) is 1. The average Bonchev–Trinajstić information content (AvgIpc) is 2.49. The van der Waals surface area contributed by atoms with Crippen LogP contribution in [0.2, 0.25) is 0 Å². The molecule has 21 heavy (non-hydrogen) atoms. The van der Waals surface area contributed by atoms with Crippen LogP contribution < -0.4 is 10.6 Å². The van der Waals surface area contributed by atoms with Crippen molar-refractivity contribution >= 4 is 27.5 Å². The molecule has 2 N–H and O–H groups in total. The van der Waals surface area contributed by atoms with Gasteiger partial charge in [0.25, 0.3) is 0 Å². The lowest BCUT2D eigenvalue weighted by Crippen LogP contribution is -2.46. The maximum atomic E-state index is 12.2. The van der Waals surface area contributed by atoms with Gasteiger partial charge in [0.05, 0.1) is 6.54 Å². The summed E-state index contributed by atoms with van der Waals surface area (Å²) in [6.07, 6.45) is 2.25. The van der Waals surface area contributed by atoms with Gasteiger partial charge in [-0.2, -0.15) is 0 Å². The van der Waals surface area contributed by atoms with Gasteiger partial charge in [-0.25, -0.2) is 0 Å². The molecule has 1 amide bonds. The minimum absolute atomic E-state index is 0.0668. The second-order valence-electron chi connectivity index (χ2n) is 5.56. The smallest absolute Gasteiger partial charge is 0.238 e. The number of nitrogens with one attached hydrogen (secondary N) is 2. The summed E-state index contributed by atoms with van der Waals surface area (Å²) in [7, 11) is 0. The van der Waals surface area contributed by atoms with Crippen LogP contribution in [0.4, 0.5) is 5.69 Å². The molecule has 1 heterocycles. The number of hydrogen-bond donors (Lipinski definition) is 2. The summed E-state index contributed by atoms with van der Waals surface area (Å²) in [5, 5.41) is 6.36. The van der Waals surface area contributed by atoms with Crippen LogP contribution in [0.1, 0.15) is 25.3 Å². The number of carbonyl (C=O) groups is 1. The summed E-state index contributed by atoms with van der Waals surface area (Å²) < 4.78 is 1.06. The number of benzene rings is 1. The van der Waals surface area contributed by atoms with E-state index in [1.165, 1.54) is 0 Å². The third kappa shape index (κ3) is 4.80. The number of hydrogen-bond acceptors (Lipinski definition) is 3. The van der Waals surface area contributed by atoms with Gasteiger partial charge in [-0.3, -0.25) is 9.69 Å². The van der Waals surface area contributed by atoms with Gasteiger partial charge < -0.3 is 10.6 Å². The van der Waals surface area contributed by atoms with Crippen LogP contribution in [0.25, 0.3) is 0 Å². The zero-order chi connectivity index (χ0) is 15.2. The molecule has 2 rings (SSSR count). The Bertz CT molecular complexity index is 486. The van der Waals surface area contributed by atoms with Crippen molar-refractivity contribution in [2.24, 2.45) is 0 Å². The van der Waals surface area contributed by atoms with E-state index in [1.807, 2.05) is 25.1 Å². The van der Waals surface area contributed by atoms with Crippen LogP contribution in [0.15, 0.2) is 22.7 Å². The Hall–Kier alpha value is -0.910. The number of amides is 1. The molecule has 1 aliphatic heterocycles. The Balaban J connectivity index is 1.91. The van der Waals surface area contributed by atoms with Gasteiger partial charge in [0.1, 0.15) is 0 Å². The first-order chi connectivity index (χ1) is 10.1. The van der Waals surface area contributed by atoms with Crippen LogP contribution in [-0.2, 0) is 4.79 Å². The Kier molecular flexibility index (Phi) is 6.21. The third-order valence-corrected chi connectivity index (χ3v) is 4.91. The highest BCUT2D eigenvalue weighted by atomic mass is 79.9. The van der Waals surface area contributed by atoms with Gasteiger partial charge in [0, 0.05) is 16.2 Å². The maximum Gasteiger partial charge on any atom is 0.238 e. The van der Waals surface area contributed by atoms with Crippen LogP contribution in [0.5, 0.6) is 0 Å². The van der Waals surface area contributed by atoms with E-state index in [2.05, 4.69) is 38.4 Å². The SMILES string of the molecule is CCN(CC(=O)Nc1ccc(Br)c(C)c1)C1CCNCC1. The molecule has 1 fully saturated rings. The van der Waals surface area contributed by atoms with Gasteiger partial charge in [-0.1, -0.05) is 22.9 Å². The predicted molar refractivity (Wildman–Crippen MR) is 90.6 cm³/mol. The standard InChI is InChI=1S/C16H24BrN3O/c1-3-20(14-6-8-18-9-7-14)11-16(21)19-13-4-5-15(17)12(2)10-13/h4-5,10,14,18H,3,6-9,11H2,1-2H3,(H,19,21). The highest BCUT2D eigenvalue weighted by molar-refractivity contribution is 9.10. The number of piperidine rings is 1. The van der Waals surface area contributed by atoms with E-state index in [9.17, 15) is 4.79 Å². The fourth-order valence-corrected chi connectivity index (χ4v) is 3.02. The Morgan fingerprint density at radius 3 is 2.76 bits per heavy atom. The van der Waals surface area contributed by atoms with Crippen molar-refractivity contribution in [1.29, 1.82) is 0 Å². The predicted octanol–water partition coefficient (Wildman–Crippen LogP) is 2.77. The fourth-order valence-electron chi connectivity index (χ4n) is 2.78. The molecule has 0 unspecified atom stereocenters. The summed E-state index contributed by atoms with van der Waals surface area (Å²) in [4.78, 5) is 14.5. The lowest BCUT2D eigenvalue weighted by Gasteiger charge is -2.33. The van der Waals surface area contributed by atoms with E-state index in [1.54, 1.807) is 0 Å². The number of nitrogens with zero attached hydrogens (tertiary/aromatic N) is 1. The van der Waals surface area contributed by atoms with Crippen molar-refractivity contribution in [3.63, 3.8) is 0 Å². The van der Waals surface area contributed by atoms with E-state index < -0.39 is 0 Å². The normalized spacial score (nSPS) is 16.2. The van der Waals surface area contributed by atoms with Crippen molar-refractivity contribution < 1.29 is 4.79 Å². The Labute approximate surface area is 135 Å². The summed E-state index contributed by atoms with van der Waals surface area (Å²) in [5.41, 5.74) is 1.99. The molecule has 5 heteroatoms. The molecule has 1 aromatic carbocycles. The first-order valence-corrected chi connectivity index (χ1v) is 8.40. The Morgan fingerprint density at radius 2 is 2.14 bits per heavy atom. The van der Waals surface area contributed by atoms with E-state index in [4.69, 9.17) is 0 Å². The molecule has 116 valence electrons. The van der Waals surface area contributed by atoms with E-state index in [0.29, 0.717) is 12.6 Å². The van der Waals surface area contributed by atoms with E-state index in [-0.39, 0.29) is 5.91 Å². The Morgan fingerprint density at radius 1 is 1.43 bits per heavy atom. The molecule has 1 aromatic rings. The lowest BCUT2D eigenvalue weighted by atomic mass is 10.0. The zero-order valence-electron chi connectivity index (χ0n) is 12.8. The number of carbonyl (C=O) groups excluding carboxylic acids is 1. The molecule has 0 aliphatic carbocycles. The molecule has 0 saturated carbocycles. The van der Waals surface area contributed by atoms with Gasteiger partial charge >= 0.3 is 0 Å². The number of halogens is 1. The first kappa shape index (κ1) is 16.5. The molecular formula is C16H24BrN3O. The summed E-state index contributed by atoms with van der Waals surface area (Å²) >= 11 is 3.47. The van der Waals surface area contributed by atoms with Gasteiger partial charge in [-0.15, -0.1) is 0 Å². The first-order valence-electron chi connectivity index (χ1n) is 7.61. The van der Waals surface area contributed by atoms with Gasteiger partial charge in [-0.05, 0) is 63.2 Å². The van der Waals surface area contributed by atoms with Gasteiger partial charge in [0.2, 0.25) is 5.91 Å². The third-order valence-electron chi connectivity index (χ3n) is 4.02. The number of rotatable bonds is 5. The quantitative estimate of drug-likeness (QED) is 0.855. The van der Waals surface area contributed by atoms with Gasteiger partial charge in [0.15, 0.2) is 0 Å². The second kappa shape index (κ2) is 7.92. The fraction of sp³-hybridized carbons (Fsp3) is 0.562. The van der Waals surface area contributed by atoms with Crippen molar-refractivity contribution in [3.8, 4) is 0 Å². The molecule has 1 saturated heterocycles. The van der Waals surface area contributed by atoms with Crippen molar-refractivity contribution in [1.82, 2.24) is 10.2 Å². The second-order valence-corrected chi connectivity index (χ2v) is 6.41. The molecule has 0 atom stereocenters. The van der Waals surface area contributed by atoms with Crippen molar-refractivity contribution in [2.45, 2.75) is 32.7 Å². The summed E-state index contributed by atoms with van der Waals surface area (Å²) in [5.74, 6) is 0.0668. The summed E-state index contributed by atoms with van der Waals surface area (Å²) in [6.45, 7) is 7.63. The van der Waals surface area contributed by atoms with Crippen molar-refractivity contribution in [2.75, 3.05) is 31.5 Å². The zero-order valence-corrected chi connectivity index (χ0v) is 14.4. The highest BCUT2D eigenvalue weighted by Gasteiger charge is 2.21. The highest BCUT2D eigenvalue weighted by Crippen LogP contribution is 2.20. The molecule has 4 nitrogen and oxygen atoms in total. The average molecular weight is 354 g/mol. The van der Waals surface area contributed by atoms with E-state index >= 15 is 0 Å².